The number of benzene rings is 1. The highest BCUT2D eigenvalue weighted by atomic mass is 32.2. The largest absolute Gasteiger partial charge is 0.489 e. The van der Waals surface area contributed by atoms with Crippen molar-refractivity contribution >= 4 is 23.0 Å². The lowest BCUT2D eigenvalue weighted by molar-refractivity contribution is -0.124. The zero-order chi connectivity index (χ0) is 21.8. The van der Waals surface area contributed by atoms with E-state index < -0.39 is 17.3 Å². The van der Waals surface area contributed by atoms with Crippen molar-refractivity contribution < 1.29 is 23.0 Å². The van der Waals surface area contributed by atoms with Gasteiger partial charge in [-0.1, -0.05) is 12.1 Å². The molecule has 2 aliphatic rings. The molecule has 2 aromatic rings. The van der Waals surface area contributed by atoms with Crippen LogP contribution in [0.15, 0.2) is 36.5 Å². The number of amides is 1. The van der Waals surface area contributed by atoms with E-state index >= 15 is 0 Å². The van der Waals surface area contributed by atoms with Gasteiger partial charge in [0.2, 0.25) is 17.2 Å². The lowest BCUT2D eigenvalue weighted by Crippen LogP contribution is -2.43. The lowest BCUT2D eigenvalue weighted by Gasteiger charge is -2.26. The zero-order valence-electron chi connectivity index (χ0n) is 17.3. The summed E-state index contributed by atoms with van der Waals surface area (Å²) in [7, 11) is 1.99. The molecule has 2 N–H and O–H groups in total. The van der Waals surface area contributed by atoms with Crippen LogP contribution in [0.2, 0.25) is 0 Å². The Morgan fingerprint density at radius 1 is 1.35 bits per heavy atom. The first kappa shape index (κ1) is 21.5. The van der Waals surface area contributed by atoms with E-state index in [1.54, 1.807) is 6.20 Å². The number of hydrogen-bond donors (Lipinski definition) is 2. The number of aromatic nitrogens is 1. The molecule has 1 amide bonds. The molecule has 4 rings (SSSR count). The Kier molecular flexibility index (Phi) is 6.69. The zero-order valence-corrected chi connectivity index (χ0v) is 18.1. The normalized spacial score (nSPS) is 19.4. The number of fused-ring (bicyclic) bond motifs is 1. The Morgan fingerprint density at radius 2 is 2.23 bits per heavy atom. The van der Waals surface area contributed by atoms with Crippen molar-refractivity contribution in [2.75, 3.05) is 31.6 Å². The average molecular weight is 447 g/mol. The minimum atomic E-state index is -2.13. The molecule has 3 heterocycles. The third-order valence-electron chi connectivity index (χ3n) is 5.41. The Labute approximate surface area is 183 Å². The van der Waals surface area contributed by atoms with Crippen LogP contribution in [0.1, 0.15) is 24.0 Å². The van der Waals surface area contributed by atoms with Gasteiger partial charge in [0.25, 0.3) is 0 Å². The molecule has 10 heteroatoms. The number of anilines is 1. The number of carbonyl (C=O) groups excluding carboxylic acids is 1. The summed E-state index contributed by atoms with van der Waals surface area (Å²) in [4.78, 5) is 18.9. The highest BCUT2D eigenvalue weighted by Crippen LogP contribution is 2.29. The van der Waals surface area contributed by atoms with Gasteiger partial charge in [-0.2, -0.15) is 4.31 Å². The molecule has 1 unspecified atom stereocenters. The summed E-state index contributed by atoms with van der Waals surface area (Å²) in [6.07, 6.45) is 3.09. The summed E-state index contributed by atoms with van der Waals surface area (Å²) in [5.74, 6) is 2.03. The van der Waals surface area contributed by atoms with E-state index in [2.05, 4.69) is 15.2 Å². The number of pyridine rings is 1. The Bertz CT molecular complexity index is 973. The standard InChI is InChI=1S/C21H26N4O5S/c1-24-8-9-29-19-11-16(13-22-20(19)24)14-30-17-5-2-4-15(10-17)12-23-21(26)18-6-3-7-25(18)31(27)28/h2,4-5,10-11,13,18H,3,6-9,12,14H2,1H3,(H,23,26)(H,27,28)/t18-/m0/s1. The van der Waals surface area contributed by atoms with Gasteiger partial charge in [0, 0.05) is 31.9 Å². The van der Waals surface area contributed by atoms with Crippen LogP contribution < -0.4 is 19.7 Å². The van der Waals surface area contributed by atoms with Crippen LogP contribution in [0.3, 0.4) is 0 Å². The third kappa shape index (κ3) is 5.15. The van der Waals surface area contributed by atoms with Crippen molar-refractivity contribution in [2.24, 2.45) is 0 Å². The van der Waals surface area contributed by atoms with Crippen molar-refractivity contribution in [3.05, 3.63) is 47.7 Å². The quantitative estimate of drug-likeness (QED) is 0.624. The van der Waals surface area contributed by atoms with E-state index in [0.717, 1.165) is 35.7 Å². The molecule has 0 bridgehead atoms. The van der Waals surface area contributed by atoms with Crippen LogP contribution in [0.5, 0.6) is 11.5 Å². The monoisotopic (exact) mass is 446 g/mol. The highest BCUT2D eigenvalue weighted by molar-refractivity contribution is 7.76. The van der Waals surface area contributed by atoms with Crippen LogP contribution in [-0.4, -0.2) is 56.7 Å². The Morgan fingerprint density at radius 3 is 3.06 bits per heavy atom. The van der Waals surface area contributed by atoms with Gasteiger partial charge in [-0.15, -0.1) is 0 Å². The number of likely N-dealkylation sites (N-methyl/N-ethyl adjacent to an activating group) is 1. The van der Waals surface area contributed by atoms with Gasteiger partial charge in [-0.05, 0) is 36.6 Å². The number of nitrogens with zero attached hydrogens (tertiary/aromatic N) is 3. The van der Waals surface area contributed by atoms with E-state index in [4.69, 9.17) is 9.47 Å². The number of rotatable bonds is 7. The molecule has 2 atom stereocenters. The minimum Gasteiger partial charge on any atom is -0.489 e. The van der Waals surface area contributed by atoms with Crippen molar-refractivity contribution in [1.82, 2.24) is 14.6 Å². The molecule has 1 fully saturated rings. The van der Waals surface area contributed by atoms with Gasteiger partial charge >= 0.3 is 0 Å². The maximum absolute atomic E-state index is 12.4. The van der Waals surface area contributed by atoms with E-state index in [0.29, 0.717) is 38.5 Å². The smallest absolute Gasteiger partial charge is 0.238 e. The molecule has 1 saturated heterocycles. The van der Waals surface area contributed by atoms with Gasteiger partial charge in [0.05, 0.1) is 6.54 Å². The first-order valence-corrected chi connectivity index (χ1v) is 11.3. The molecular formula is C21H26N4O5S. The topological polar surface area (TPSA) is 104 Å². The van der Waals surface area contributed by atoms with Crippen molar-refractivity contribution in [1.29, 1.82) is 0 Å². The predicted octanol–water partition coefficient (Wildman–Crippen LogP) is 1.71. The van der Waals surface area contributed by atoms with E-state index in [1.165, 1.54) is 4.31 Å². The predicted molar refractivity (Wildman–Crippen MR) is 116 cm³/mol. The van der Waals surface area contributed by atoms with Crippen molar-refractivity contribution in [3.63, 3.8) is 0 Å². The molecule has 2 aliphatic heterocycles. The number of nitrogens with one attached hydrogen (secondary N) is 1. The second kappa shape index (κ2) is 9.63. The molecular weight excluding hydrogens is 420 g/mol. The summed E-state index contributed by atoms with van der Waals surface area (Å²) in [5.41, 5.74) is 1.79. The van der Waals surface area contributed by atoms with Gasteiger partial charge in [0.1, 0.15) is 25.0 Å². The summed E-state index contributed by atoms with van der Waals surface area (Å²) in [6, 6.07) is 8.87. The number of carbonyl (C=O) groups is 1. The van der Waals surface area contributed by atoms with Crippen LogP contribution in [0, 0.1) is 0 Å². The van der Waals surface area contributed by atoms with Crippen molar-refractivity contribution in [3.8, 4) is 11.5 Å². The van der Waals surface area contributed by atoms with Crippen LogP contribution in [-0.2, 0) is 29.2 Å². The maximum Gasteiger partial charge on any atom is 0.238 e. The highest BCUT2D eigenvalue weighted by Gasteiger charge is 2.33. The van der Waals surface area contributed by atoms with E-state index in [1.807, 2.05) is 37.4 Å². The number of ether oxygens (including phenoxy) is 2. The SMILES string of the molecule is CN1CCOc2cc(COc3cccc(CNC(=O)[C@@H]4CCCN4S(=O)O)c3)cnc21. The molecule has 0 spiro atoms. The fourth-order valence-electron chi connectivity index (χ4n) is 3.76. The second-order valence-electron chi connectivity index (χ2n) is 7.62. The minimum absolute atomic E-state index is 0.240. The molecule has 31 heavy (non-hydrogen) atoms. The fourth-order valence-corrected chi connectivity index (χ4v) is 4.46. The summed E-state index contributed by atoms with van der Waals surface area (Å²) < 4.78 is 33.6. The van der Waals surface area contributed by atoms with Gasteiger partial charge in [-0.25, -0.2) is 9.19 Å². The molecule has 0 saturated carbocycles. The first-order valence-electron chi connectivity index (χ1n) is 10.2. The summed E-state index contributed by atoms with van der Waals surface area (Å²) in [5, 5.41) is 2.85. The van der Waals surface area contributed by atoms with Gasteiger partial charge in [0.15, 0.2) is 11.6 Å². The van der Waals surface area contributed by atoms with E-state index in [-0.39, 0.29) is 5.91 Å². The van der Waals surface area contributed by atoms with Gasteiger partial charge < -0.3 is 19.7 Å². The molecule has 9 nitrogen and oxygen atoms in total. The second-order valence-corrected chi connectivity index (χ2v) is 8.55. The summed E-state index contributed by atoms with van der Waals surface area (Å²) in [6.45, 7) is 2.57. The first-order chi connectivity index (χ1) is 15.0. The molecule has 0 aliphatic carbocycles. The molecule has 0 radical (unpaired) electrons. The third-order valence-corrected chi connectivity index (χ3v) is 6.25. The molecule has 1 aromatic carbocycles. The summed E-state index contributed by atoms with van der Waals surface area (Å²) >= 11 is -2.13. The number of hydrogen-bond acceptors (Lipinski definition) is 6. The van der Waals surface area contributed by atoms with Crippen LogP contribution >= 0.6 is 0 Å². The maximum atomic E-state index is 12.4. The van der Waals surface area contributed by atoms with Crippen LogP contribution in [0.4, 0.5) is 5.82 Å². The average Bonchev–Trinajstić information content (AvgIpc) is 3.27. The van der Waals surface area contributed by atoms with E-state index in [9.17, 15) is 13.6 Å². The molecule has 166 valence electrons. The van der Waals surface area contributed by atoms with Crippen LogP contribution in [0.25, 0.3) is 0 Å². The lowest BCUT2D eigenvalue weighted by atomic mass is 10.2. The van der Waals surface area contributed by atoms with Gasteiger partial charge in [-0.3, -0.25) is 9.35 Å². The fraction of sp³-hybridized carbons (Fsp3) is 0.429. The van der Waals surface area contributed by atoms with Crippen molar-refractivity contribution in [2.45, 2.75) is 32.0 Å². The Balaban J connectivity index is 1.32. The Hall–Kier alpha value is -2.69. The molecule has 1 aromatic heterocycles.